The molecule has 1 aliphatic heterocycles. The van der Waals surface area contributed by atoms with Crippen molar-refractivity contribution < 1.29 is 9.90 Å². The van der Waals surface area contributed by atoms with Gasteiger partial charge in [-0.2, -0.15) is 0 Å². The van der Waals surface area contributed by atoms with Gasteiger partial charge in [-0.25, -0.2) is 0 Å². The van der Waals surface area contributed by atoms with Gasteiger partial charge in [-0.15, -0.1) is 0 Å². The molecule has 0 spiro atoms. The Kier molecular flexibility index (Phi) is 4.49. The number of likely N-dealkylation sites (tertiary alicyclic amines) is 1. The van der Waals surface area contributed by atoms with E-state index < -0.39 is 5.60 Å². The van der Waals surface area contributed by atoms with Gasteiger partial charge in [0.05, 0.1) is 16.1 Å². The molecule has 4 nitrogen and oxygen atoms in total. The Morgan fingerprint density at radius 2 is 1.85 bits per heavy atom. The lowest BCUT2D eigenvalue weighted by molar-refractivity contribution is -0.0213. The van der Waals surface area contributed by atoms with Gasteiger partial charge in [-0.05, 0) is 43.9 Å². The number of nitrogens with zero attached hydrogens (tertiary/aromatic N) is 1. The number of nitrogens with one attached hydrogen (secondary N) is 1. The maximum absolute atomic E-state index is 13.1. The first-order valence-electron chi connectivity index (χ1n) is 9.25. The molecule has 3 aromatic rings. The van der Waals surface area contributed by atoms with Crippen LogP contribution in [-0.2, 0) is 5.60 Å². The highest BCUT2D eigenvalue weighted by molar-refractivity contribution is 6.35. The van der Waals surface area contributed by atoms with E-state index in [-0.39, 0.29) is 5.91 Å². The number of hydrogen-bond acceptors (Lipinski definition) is 2. The average Bonchev–Trinajstić information content (AvgIpc) is 3.00. The molecule has 0 aliphatic carbocycles. The molecule has 5 heteroatoms. The minimum Gasteiger partial charge on any atom is -0.385 e. The minimum atomic E-state index is -0.873. The third-order valence-electron chi connectivity index (χ3n) is 5.69. The van der Waals surface area contributed by atoms with E-state index in [1.54, 1.807) is 0 Å². The van der Waals surface area contributed by atoms with E-state index in [9.17, 15) is 9.90 Å². The zero-order valence-corrected chi connectivity index (χ0v) is 16.3. The van der Waals surface area contributed by atoms with Crippen LogP contribution in [0.2, 0.25) is 5.02 Å². The summed E-state index contributed by atoms with van der Waals surface area (Å²) in [5.41, 5.74) is 3.49. The Bertz CT molecular complexity index is 1020. The normalized spacial score (nSPS) is 16.7. The summed E-state index contributed by atoms with van der Waals surface area (Å²) < 4.78 is 0. The summed E-state index contributed by atoms with van der Waals surface area (Å²) >= 11 is 6.26. The Hall–Kier alpha value is -2.30. The minimum absolute atomic E-state index is 0.0361. The van der Waals surface area contributed by atoms with Gasteiger partial charge in [0.2, 0.25) is 0 Å². The first-order chi connectivity index (χ1) is 12.9. The molecule has 0 radical (unpaired) electrons. The van der Waals surface area contributed by atoms with E-state index in [4.69, 9.17) is 11.6 Å². The lowest BCUT2D eigenvalue weighted by Crippen LogP contribution is -2.45. The number of rotatable bonds is 2. The van der Waals surface area contributed by atoms with Crippen LogP contribution in [0.15, 0.2) is 42.5 Å². The van der Waals surface area contributed by atoms with Crippen LogP contribution in [0.5, 0.6) is 0 Å². The number of aromatic amines is 1. The summed E-state index contributed by atoms with van der Waals surface area (Å²) in [7, 11) is 0. The van der Waals surface area contributed by atoms with Gasteiger partial charge in [-0.1, -0.05) is 53.6 Å². The molecule has 1 aromatic heterocycles. The summed E-state index contributed by atoms with van der Waals surface area (Å²) in [6.07, 6.45) is 1.06. The number of aliphatic hydroxyl groups is 1. The molecule has 2 heterocycles. The number of halogens is 1. The van der Waals surface area contributed by atoms with Crippen molar-refractivity contribution in [2.45, 2.75) is 32.3 Å². The number of hydrogen-bond donors (Lipinski definition) is 2. The van der Waals surface area contributed by atoms with Crippen molar-refractivity contribution in [1.82, 2.24) is 9.88 Å². The number of amides is 1. The molecular formula is C22H23ClN2O2. The van der Waals surface area contributed by atoms with E-state index in [0.717, 1.165) is 27.6 Å². The second-order valence-corrected chi connectivity index (χ2v) is 7.89. The molecule has 0 saturated carbocycles. The predicted molar refractivity (Wildman–Crippen MR) is 108 cm³/mol. The van der Waals surface area contributed by atoms with Crippen LogP contribution in [0.1, 0.15) is 40.0 Å². The molecule has 1 saturated heterocycles. The maximum atomic E-state index is 13.1. The Balaban J connectivity index is 1.56. The average molecular weight is 383 g/mol. The van der Waals surface area contributed by atoms with Crippen LogP contribution in [0.25, 0.3) is 10.9 Å². The van der Waals surface area contributed by atoms with E-state index in [2.05, 4.69) is 4.98 Å². The van der Waals surface area contributed by atoms with Crippen molar-refractivity contribution >= 4 is 28.4 Å². The van der Waals surface area contributed by atoms with Crippen LogP contribution in [0.4, 0.5) is 0 Å². The molecule has 4 rings (SSSR count). The lowest BCUT2D eigenvalue weighted by atomic mass is 9.84. The van der Waals surface area contributed by atoms with Gasteiger partial charge in [-0.3, -0.25) is 4.79 Å². The van der Waals surface area contributed by atoms with Gasteiger partial charge in [0.1, 0.15) is 5.69 Å². The lowest BCUT2D eigenvalue weighted by Gasteiger charge is -2.38. The van der Waals surface area contributed by atoms with Gasteiger partial charge in [0.15, 0.2) is 0 Å². The van der Waals surface area contributed by atoms with Gasteiger partial charge >= 0.3 is 0 Å². The Morgan fingerprint density at radius 1 is 1.15 bits per heavy atom. The molecule has 1 amide bonds. The number of H-pyrrole nitrogens is 1. The van der Waals surface area contributed by atoms with Crippen molar-refractivity contribution in [3.8, 4) is 0 Å². The fraction of sp³-hybridized carbons (Fsp3) is 0.318. The number of fused-ring (bicyclic) bond motifs is 1. The summed E-state index contributed by atoms with van der Waals surface area (Å²) in [6.45, 7) is 5.00. The largest absolute Gasteiger partial charge is 0.385 e. The van der Waals surface area contributed by atoms with Crippen LogP contribution in [0.3, 0.4) is 0 Å². The molecular weight excluding hydrogens is 360 g/mol. The zero-order chi connectivity index (χ0) is 19.2. The smallest absolute Gasteiger partial charge is 0.270 e. The highest BCUT2D eigenvalue weighted by atomic mass is 35.5. The van der Waals surface area contributed by atoms with Crippen LogP contribution >= 0.6 is 11.6 Å². The Morgan fingerprint density at radius 3 is 2.52 bits per heavy atom. The third-order valence-corrected chi connectivity index (χ3v) is 6.00. The second kappa shape index (κ2) is 6.70. The van der Waals surface area contributed by atoms with Gasteiger partial charge in [0, 0.05) is 18.5 Å². The quantitative estimate of drug-likeness (QED) is 0.682. The van der Waals surface area contributed by atoms with E-state index >= 15 is 0 Å². The number of carbonyl (C=O) groups excluding carboxylic acids is 1. The molecule has 2 N–H and O–H groups in total. The first-order valence-corrected chi connectivity index (χ1v) is 9.62. The van der Waals surface area contributed by atoms with Crippen LogP contribution in [0, 0.1) is 13.8 Å². The zero-order valence-electron chi connectivity index (χ0n) is 15.6. The number of benzene rings is 2. The van der Waals surface area contributed by atoms with Gasteiger partial charge in [0.25, 0.3) is 5.91 Å². The molecule has 1 aliphatic rings. The fourth-order valence-electron chi connectivity index (χ4n) is 3.99. The van der Waals surface area contributed by atoms with Crippen molar-refractivity contribution in [3.05, 3.63) is 69.9 Å². The highest BCUT2D eigenvalue weighted by Gasteiger charge is 2.36. The maximum Gasteiger partial charge on any atom is 0.270 e. The van der Waals surface area contributed by atoms with E-state index in [1.807, 2.05) is 61.2 Å². The standard InChI is InChI=1S/C22H23ClN2O2/c1-14-5-3-6-16(13-14)22(27)9-11-25(12-10-22)21(26)19-15(2)17-7-4-8-18(23)20(17)24-19/h3-8,13,24,27H,9-12H2,1-2H3. The first kappa shape index (κ1) is 18.1. The summed E-state index contributed by atoms with van der Waals surface area (Å²) in [4.78, 5) is 18.1. The number of carbonyl (C=O) groups is 1. The summed E-state index contributed by atoms with van der Waals surface area (Å²) in [6, 6.07) is 13.7. The van der Waals surface area contributed by atoms with Crippen molar-refractivity contribution in [1.29, 1.82) is 0 Å². The molecule has 1 fully saturated rings. The summed E-state index contributed by atoms with van der Waals surface area (Å²) in [5.74, 6) is -0.0361. The van der Waals surface area contributed by atoms with Crippen LogP contribution in [-0.4, -0.2) is 34.0 Å². The predicted octanol–water partition coefficient (Wildman–Crippen LogP) is 4.56. The second-order valence-electron chi connectivity index (χ2n) is 7.48. The van der Waals surface area contributed by atoms with E-state index in [0.29, 0.717) is 36.6 Å². The number of piperidine rings is 1. The molecule has 27 heavy (non-hydrogen) atoms. The van der Waals surface area contributed by atoms with Gasteiger partial charge < -0.3 is 15.0 Å². The van der Waals surface area contributed by atoms with Crippen molar-refractivity contribution in [3.63, 3.8) is 0 Å². The molecule has 0 atom stereocenters. The number of aryl methyl sites for hydroxylation is 2. The molecule has 2 aromatic carbocycles. The molecule has 140 valence electrons. The summed E-state index contributed by atoms with van der Waals surface area (Å²) in [5, 5.41) is 12.7. The number of aromatic nitrogens is 1. The third kappa shape index (κ3) is 3.13. The topological polar surface area (TPSA) is 56.3 Å². The van der Waals surface area contributed by atoms with Crippen molar-refractivity contribution in [2.75, 3.05) is 13.1 Å². The van der Waals surface area contributed by atoms with Crippen molar-refractivity contribution in [2.24, 2.45) is 0 Å². The number of para-hydroxylation sites is 1. The van der Waals surface area contributed by atoms with Crippen LogP contribution < -0.4 is 0 Å². The van der Waals surface area contributed by atoms with E-state index in [1.165, 1.54) is 0 Å². The highest BCUT2D eigenvalue weighted by Crippen LogP contribution is 2.34. The molecule has 0 unspecified atom stereocenters. The monoisotopic (exact) mass is 382 g/mol. The SMILES string of the molecule is Cc1cccc(C2(O)CCN(C(=O)c3[nH]c4c(Cl)cccc4c3C)CC2)c1. The Labute approximate surface area is 163 Å². The molecule has 0 bridgehead atoms. The fourth-order valence-corrected chi connectivity index (χ4v) is 4.21.